The monoisotopic (exact) mass is 293 g/mol. The fourth-order valence-electron chi connectivity index (χ4n) is 2.45. The van der Waals surface area contributed by atoms with E-state index in [-0.39, 0.29) is 5.41 Å². The van der Waals surface area contributed by atoms with Crippen molar-refractivity contribution in [2.75, 3.05) is 0 Å². The molecule has 0 spiro atoms. The van der Waals surface area contributed by atoms with Crippen molar-refractivity contribution in [2.45, 2.75) is 26.2 Å². The predicted molar refractivity (Wildman–Crippen MR) is 84.0 cm³/mol. The number of nitrogens with zero attached hydrogens (tertiary/aromatic N) is 3. The van der Waals surface area contributed by atoms with E-state index in [4.69, 9.17) is 0 Å². The Labute approximate surface area is 128 Å². The van der Waals surface area contributed by atoms with Gasteiger partial charge in [-0.05, 0) is 23.1 Å². The summed E-state index contributed by atoms with van der Waals surface area (Å²) in [6.45, 7) is 6.45. The first-order chi connectivity index (χ1) is 10.4. The third-order valence-electron chi connectivity index (χ3n) is 3.71. The number of aromatic nitrogens is 2. The van der Waals surface area contributed by atoms with Crippen molar-refractivity contribution in [3.63, 3.8) is 0 Å². The molecule has 4 heteroatoms. The number of fused-ring (bicyclic) bond motifs is 1. The fraction of sp³-hybridized carbons (Fsp3) is 0.222. The van der Waals surface area contributed by atoms with Gasteiger partial charge in [-0.1, -0.05) is 45.0 Å². The lowest BCUT2D eigenvalue weighted by Gasteiger charge is -2.18. The van der Waals surface area contributed by atoms with Crippen LogP contribution >= 0.6 is 0 Å². The molecule has 22 heavy (non-hydrogen) atoms. The van der Waals surface area contributed by atoms with Crippen molar-refractivity contribution < 1.29 is 4.39 Å². The molecule has 0 amide bonds. The highest BCUT2D eigenvalue weighted by Gasteiger charge is 2.16. The standard InChI is InChI=1S/C18H16FN3/c1-18(2,3)13-6-4-12(5-7-13)17-15(10-20)22-11-14(19)8-9-16(22)21-17/h4-9,11H,1-3H3. The summed E-state index contributed by atoms with van der Waals surface area (Å²) in [4.78, 5) is 4.46. The van der Waals surface area contributed by atoms with Gasteiger partial charge in [-0.25, -0.2) is 9.37 Å². The average molecular weight is 293 g/mol. The second-order valence-electron chi connectivity index (χ2n) is 6.32. The number of pyridine rings is 1. The maximum absolute atomic E-state index is 13.4. The van der Waals surface area contributed by atoms with Crippen LogP contribution in [-0.2, 0) is 5.41 Å². The fourth-order valence-corrected chi connectivity index (χ4v) is 2.45. The summed E-state index contributed by atoms with van der Waals surface area (Å²) in [5, 5.41) is 9.41. The van der Waals surface area contributed by atoms with Crippen molar-refractivity contribution in [3.8, 4) is 17.3 Å². The molecule has 0 radical (unpaired) electrons. The molecule has 1 aromatic carbocycles. The van der Waals surface area contributed by atoms with E-state index in [2.05, 4.69) is 31.8 Å². The molecule has 0 aliphatic rings. The molecule has 3 aromatic rings. The van der Waals surface area contributed by atoms with Gasteiger partial charge in [-0.2, -0.15) is 5.26 Å². The van der Waals surface area contributed by atoms with Gasteiger partial charge in [0.15, 0.2) is 5.69 Å². The third-order valence-corrected chi connectivity index (χ3v) is 3.71. The summed E-state index contributed by atoms with van der Waals surface area (Å²) >= 11 is 0. The van der Waals surface area contributed by atoms with E-state index in [1.165, 1.54) is 22.2 Å². The second kappa shape index (κ2) is 4.96. The first-order valence-corrected chi connectivity index (χ1v) is 7.09. The number of nitriles is 1. The maximum Gasteiger partial charge on any atom is 0.152 e. The van der Waals surface area contributed by atoms with Crippen LogP contribution in [0.3, 0.4) is 0 Å². The summed E-state index contributed by atoms with van der Waals surface area (Å²) in [5.41, 5.74) is 3.62. The largest absolute Gasteiger partial charge is 0.288 e. The molecule has 0 unspecified atom stereocenters. The molecule has 110 valence electrons. The van der Waals surface area contributed by atoms with Gasteiger partial charge >= 0.3 is 0 Å². The van der Waals surface area contributed by atoms with Crippen LogP contribution in [0.25, 0.3) is 16.9 Å². The molecule has 0 aliphatic carbocycles. The van der Waals surface area contributed by atoms with Crippen LogP contribution in [0.15, 0.2) is 42.6 Å². The maximum atomic E-state index is 13.4. The molecule has 2 aromatic heterocycles. The van der Waals surface area contributed by atoms with Crippen molar-refractivity contribution in [3.05, 3.63) is 59.7 Å². The van der Waals surface area contributed by atoms with Gasteiger partial charge in [0.1, 0.15) is 23.2 Å². The number of halogens is 1. The Morgan fingerprint density at radius 2 is 1.77 bits per heavy atom. The van der Waals surface area contributed by atoms with Crippen LogP contribution in [0.2, 0.25) is 0 Å². The van der Waals surface area contributed by atoms with E-state index in [0.29, 0.717) is 17.0 Å². The quantitative estimate of drug-likeness (QED) is 0.671. The molecular formula is C18H16FN3. The highest BCUT2D eigenvalue weighted by atomic mass is 19.1. The molecule has 0 atom stereocenters. The minimum absolute atomic E-state index is 0.0681. The number of imidazole rings is 1. The highest BCUT2D eigenvalue weighted by Crippen LogP contribution is 2.28. The smallest absolute Gasteiger partial charge is 0.152 e. The molecular weight excluding hydrogens is 277 g/mol. The van der Waals surface area contributed by atoms with E-state index in [9.17, 15) is 9.65 Å². The molecule has 3 rings (SSSR count). The van der Waals surface area contributed by atoms with E-state index in [1.807, 2.05) is 24.3 Å². The molecule has 3 nitrogen and oxygen atoms in total. The summed E-state index contributed by atoms with van der Waals surface area (Å²) in [6.07, 6.45) is 1.29. The molecule has 0 N–H and O–H groups in total. The van der Waals surface area contributed by atoms with Crippen LogP contribution in [0.4, 0.5) is 4.39 Å². The zero-order chi connectivity index (χ0) is 15.9. The van der Waals surface area contributed by atoms with Crippen molar-refractivity contribution >= 4 is 5.65 Å². The molecule has 0 fully saturated rings. The van der Waals surface area contributed by atoms with Gasteiger partial charge in [0.25, 0.3) is 0 Å². The lowest BCUT2D eigenvalue weighted by molar-refractivity contribution is 0.590. The van der Waals surface area contributed by atoms with Crippen LogP contribution in [0.5, 0.6) is 0 Å². The minimum atomic E-state index is -0.393. The predicted octanol–water partition coefficient (Wildman–Crippen LogP) is 4.31. The molecule has 0 bridgehead atoms. The molecule has 0 saturated heterocycles. The molecule has 0 aliphatic heterocycles. The second-order valence-corrected chi connectivity index (χ2v) is 6.32. The third kappa shape index (κ3) is 2.35. The Morgan fingerprint density at radius 3 is 2.36 bits per heavy atom. The Balaban J connectivity index is 2.16. The molecule has 0 saturated carbocycles. The number of rotatable bonds is 1. The number of benzene rings is 1. The summed E-state index contributed by atoms with van der Waals surface area (Å²) < 4.78 is 14.9. The van der Waals surface area contributed by atoms with E-state index in [0.717, 1.165) is 5.56 Å². The van der Waals surface area contributed by atoms with Gasteiger partial charge < -0.3 is 0 Å². The SMILES string of the molecule is CC(C)(C)c1ccc(-c2nc3ccc(F)cn3c2C#N)cc1. The van der Waals surface area contributed by atoms with Crippen LogP contribution in [0, 0.1) is 17.1 Å². The number of hydrogen-bond acceptors (Lipinski definition) is 2. The lowest BCUT2D eigenvalue weighted by Crippen LogP contribution is -2.10. The Morgan fingerprint density at radius 1 is 1.09 bits per heavy atom. The zero-order valence-electron chi connectivity index (χ0n) is 12.8. The molecule has 2 heterocycles. The average Bonchev–Trinajstić information content (AvgIpc) is 2.84. The summed E-state index contributed by atoms with van der Waals surface area (Å²) in [7, 11) is 0. The minimum Gasteiger partial charge on any atom is -0.288 e. The van der Waals surface area contributed by atoms with Gasteiger partial charge in [-0.15, -0.1) is 0 Å². The topological polar surface area (TPSA) is 41.1 Å². The Hall–Kier alpha value is -2.67. The first kappa shape index (κ1) is 14.3. The van der Waals surface area contributed by atoms with E-state index < -0.39 is 5.82 Å². The Kier molecular flexibility index (Phi) is 3.22. The van der Waals surface area contributed by atoms with Crippen molar-refractivity contribution in [2.24, 2.45) is 0 Å². The van der Waals surface area contributed by atoms with Crippen molar-refractivity contribution in [1.82, 2.24) is 9.38 Å². The van der Waals surface area contributed by atoms with Crippen molar-refractivity contribution in [1.29, 1.82) is 5.26 Å². The number of hydrogen-bond donors (Lipinski definition) is 0. The summed E-state index contributed by atoms with van der Waals surface area (Å²) in [5.74, 6) is -0.393. The summed E-state index contributed by atoms with van der Waals surface area (Å²) in [6, 6.07) is 13.0. The van der Waals surface area contributed by atoms with E-state index in [1.54, 1.807) is 6.07 Å². The van der Waals surface area contributed by atoms with Crippen LogP contribution < -0.4 is 0 Å². The van der Waals surface area contributed by atoms with Gasteiger partial charge in [0.2, 0.25) is 0 Å². The van der Waals surface area contributed by atoms with Crippen LogP contribution in [-0.4, -0.2) is 9.38 Å². The van der Waals surface area contributed by atoms with E-state index >= 15 is 0 Å². The highest BCUT2D eigenvalue weighted by molar-refractivity contribution is 5.69. The van der Waals surface area contributed by atoms with Crippen LogP contribution in [0.1, 0.15) is 32.0 Å². The van der Waals surface area contributed by atoms with Gasteiger partial charge in [0.05, 0.1) is 0 Å². The van der Waals surface area contributed by atoms with Gasteiger partial charge in [-0.3, -0.25) is 4.40 Å². The zero-order valence-corrected chi connectivity index (χ0v) is 12.8. The first-order valence-electron chi connectivity index (χ1n) is 7.09. The lowest BCUT2D eigenvalue weighted by atomic mass is 9.86. The Bertz CT molecular complexity index is 878. The normalized spacial score (nSPS) is 11.6. The van der Waals surface area contributed by atoms with Gasteiger partial charge in [0, 0.05) is 11.8 Å².